The Morgan fingerprint density at radius 3 is 2.64 bits per heavy atom. The van der Waals surface area contributed by atoms with Crippen LogP contribution in [0.2, 0.25) is 0 Å². The maximum atomic E-state index is 12.4. The first-order chi connectivity index (χ1) is 6.50. The first-order valence-electron chi connectivity index (χ1n) is 3.67. The summed E-state index contributed by atoms with van der Waals surface area (Å²) in [6.07, 6.45) is -4.55. The Labute approximate surface area is 75.1 Å². The van der Waals surface area contributed by atoms with Crippen molar-refractivity contribution in [3.63, 3.8) is 0 Å². The van der Waals surface area contributed by atoms with Gasteiger partial charge in [0.05, 0.1) is 10.9 Å². The molecule has 74 valence electrons. The van der Waals surface area contributed by atoms with Gasteiger partial charge in [-0.2, -0.15) is 18.3 Å². The summed E-state index contributed by atoms with van der Waals surface area (Å²) in [7, 11) is 0. The molecule has 0 aliphatic heterocycles. The SMILES string of the molecule is O=c1[nH]oc2cccc(C(F)(F)F)c12. The van der Waals surface area contributed by atoms with Crippen LogP contribution >= 0.6 is 0 Å². The lowest BCUT2D eigenvalue weighted by molar-refractivity contribution is -0.136. The van der Waals surface area contributed by atoms with Crippen LogP contribution in [0.15, 0.2) is 27.5 Å². The molecule has 0 saturated carbocycles. The van der Waals surface area contributed by atoms with Crippen molar-refractivity contribution in [1.82, 2.24) is 5.16 Å². The number of benzene rings is 1. The van der Waals surface area contributed by atoms with E-state index in [0.29, 0.717) is 0 Å². The van der Waals surface area contributed by atoms with Crippen molar-refractivity contribution in [2.45, 2.75) is 6.18 Å². The fourth-order valence-corrected chi connectivity index (χ4v) is 1.24. The van der Waals surface area contributed by atoms with Crippen LogP contribution in [0.1, 0.15) is 5.56 Å². The summed E-state index contributed by atoms with van der Waals surface area (Å²) in [6.45, 7) is 0. The van der Waals surface area contributed by atoms with Crippen LogP contribution in [0, 0.1) is 0 Å². The Morgan fingerprint density at radius 1 is 1.29 bits per heavy atom. The highest BCUT2D eigenvalue weighted by atomic mass is 19.4. The van der Waals surface area contributed by atoms with Crippen molar-refractivity contribution in [1.29, 1.82) is 0 Å². The molecule has 1 aromatic carbocycles. The van der Waals surface area contributed by atoms with Crippen LogP contribution in [0.5, 0.6) is 0 Å². The molecule has 0 amide bonds. The van der Waals surface area contributed by atoms with Crippen molar-refractivity contribution in [3.8, 4) is 0 Å². The summed E-state index contributed by atoms with van der Waals surface area (Å²) in [6, 6.07) is 3.32. The smallest absolute Gasteiger partial charge is 0.378 e. The molecular formula is C8H4F3NO2. The summed E-state index contributed by atoms with van der Waals surface area (Å²) >= 11 is 0. The van der Waals surface area contributed by atoms with E-state index >= 15 is 0 Å². The Bertz CT molecular complexity index is 523. The van der Waals surface area contributed by atoms with Gasteiger partial charge in [0, 0.05) is 0 Å². The molecule has 1 aromatic heterocycles. The summed E-state index contributed by atoms with van der Waals surface area (Å²) in [5.41, 5.74) is -1.94. The third-order valence-corrected chi connectivity index (χ3v) is 1.81. The van der Waals surface area contributed by atoms with Crippen LogP contribution < -0.4 is 5.56 Å². The van der Waals surface area contributed by atoms with E-state index in [9.17, 15) is 18.0 Å². The third-order valence-electron chi connectivity index (χ3n) is 1.81. The van der Waals surface area contributed by atoms with Crippen LogP contribution in [0.25, 0.3) is 11.0 Å². The molecule has 1 heterocycles. The van der Waals surface area contributed by atoms with Gasteiger partial charge in [-0.1, -0.05) is 6.07 Å². The van der Waals surface area contributed by atoms with E-state index in [1.165, 1.54) is 12.1 Å². The van der Waals surface area contributed by atoms with Gasteiger partial charge in [0.15, 0.2) is 5.58 Å². The highest BCUT2D eigenvalue weighted by Gasteiger charge is 2.34. The fourth-order valence-electron chi connectivity index (χ4n) is 1.24. The van der Waals surface area contributed by atoms with Gasteiger partial charge < -0.3 is 4.52 Å². The van der Waals surface area contributed by atoms with Crippen LogP contribution in [0.4, 0.5) is 13.2 Å². The van der Waals surface area contributed by atoms with E-state index in [0.717, 1.165) is 6.07 Å². The number of aromatic nitrogens is 1. The van der Waals surface area contributed by atoms with Gasteiger partial charge in [0.2, 0.25) is 0 Å². The summed E-state index contributed by atoms with van der Waals surface area (Å²) in [5, 5.41) is 1.40. The number of halogens is 3. The second-order valence-corrected chi connectivity index (χ2v) is 2.71. The minimum Gasteiger partial charge on any atom is -0.378 e. The minimum absolute atomic E-state index is 0.0928. The molecule has 6 heteroatoms. The van der Waals surface area contributed by atoms with Crippen molar-refractivity contribution in [2.75, 3.05) is 0 Å². The lowest BCUT2D eigenvalue weighted by Crippen LogP contribution is -2.10. The summed E-state index contributed by atoms with van der Waals surface area (Å²) in [4.78, 5) is 11.0. The summed E-state index contributed by atoms with van der Waals surface area (Å²) in [5.74, 6) is 0. The van der Waals surface area contributed by atoms with Crippen LogP contribution in [0.3, 0.4) is 0 Å². The number of alkyl halides is 3. The van der Waals surface area contributed by atoms with Gasteiger partial charge in [-0.15, -0.1) is 0 Å². The van der Waals surface area contributed by atoms with Crippen LogP contribution in [-0.2, 0) is 6.18 Å². The standard InChI is InChI=1S/C8H4F3NO2/c9-8(10,11)4-2-1-3-5-6(4)7(13)12-14-5/h1-3H,(H,12,13). The number of aromatic amines is 1. The van der Waals surface area contributed by atoms with Gasteiger partial charge in [-0.05, 0) is 12.1 Å². The lowest BCUT2D eigenvalue weighted by atomic mass is 10.1. The quantitative estimate of drug-likeness (QED) is 0.712. The van der Waals surface area contributed by atoms with E-state index in [1.54, 1.807) is 0 Å². The maximum Gasteiger partial charge on any atom is 0.417 e. The lowest BCUT2D eigenvalue weighted by Gasteiger charge is -2.05. The molecule has 0 unspecified atom stereocenters. The number of nitrogens with one attached hydrogen (secondary N) is 1. The number of hydrogen-bond donors (Lipinski definition) is 1. The maximum absolute atomic E-state index is 12.4. The molecule has 0 spiro atoms. The second kappa shape index (κ2) is 2.63. The molecule has 0 atom stereocenters. The van der Waals surface area contributed by atoms with Crippen molar-refractivity contribution in [3.05, 3.63) is 34.1 Å². The van der Waals surface area contributed by atoms with E-state index in [2.05, 4.69) is 4.52 Å². The molecule has 0 bridgehead atoms. The molecule has 0 fully saturated rings. The number of fused-ring (bicyclic) bond motifs is 1. The van der Waals surface area contributed by atoms with E-state index < -0.39 is 22.7 Å². The number of hydrogen-bond acceptors (Lipinski definition) is 2. The Balaban J connectivity index is 2.89. The van der Waals surface area contributed by atoms with Gasteiger partial charge in [0.1, 0.15) is 0 Å². The molecule has 2 rings (SSSR count). The molecule has 0 aliphatic carbocycles. The average molecular weight is 203 g/mol. The molecule has 3 nitrogen and oxygen atoms in total. The number of H-pyrrole nitrogens is 1. The molecular weight excluding hydrogens is 199 g/mol. The largest absolute Gasteiger partial charge is 0.417 e. The number of rotatable bonds is 0. The molecule has 0 radical (unpaired) electrons. The normalized spacial score (nSPS) is 12.2. The predicted molar refractivity (Wildman–Crippen MR) is 41.8 cm³/mol. The van der Waals surface area contributed by atoms with Gasteiger partial charge in [-0.3, -0.25) is 4.79 Å². The zero-order valence-corrected chi connectivity index (χ0v) is 6.68. The topological polar surface area (TPSA) is 46.0 Å². The third kappa shape index (κ3) is 1.19. The zero-order chi connectivity index (χ0) is 10.3. The Morgan fingerprint density at radius 2 is 2.00 bits per heavy atom. The Hall–Kier alpha value is -1.72. The molecule has 0 aliphatic rings. The fraction of sp³-hybridized carbons (Fsp3) is 0.125. The monoisotopic (exact) mass is 203 g/mol. The predicted octanol–water partition coefficient (Wildman–Crippen LogP) is 2.14. The van der Waals surface area contributed by atoms with E-state index in [-0.39, 0.29) is 5.58 Å². The zero-order valence-electron chi connectivity index (χ0n) is 6.68. The van der Waals surface area contributed by atoms with Gasteiger partial charge in [-0.25, -0.2) is 0 Å². The van der Waals surface area contributed by atoms with Crippen LogP contribution in [-0.4, -0.2) is 5.16 Å². The highest BCUT2D eigenvalue weighted by molar-refractivity contribution is 5.80. The second-order valence-electron chi connectivity index (χ2n) is 2.71. The van der Waals surface area contributed by atoms with Crippen molar-refractivity contribution in [2.24, 2.45) is 0 Å². The molecule has 0 saturated heterocycles. The molecule has 2 aromatic rings. The van der Waals surface area contributed by atoms with Gasteiger partial charge >= 0.3 is 6.18 Å². The van der Waals surface area contributed by atoms with E-state index in [1.807, 2.05) is 5.16 Å². The van der Waals surface area contributed by atoms with Crippen molar-refractivity contribution >= 4 is 11.0 Å². The van der Waals surface area contributed by atoms with Crippen molar-refractivity contribution < 1.29 is 17.7 Å². The van der Waals surface area contributed by atoms with Gasteiger partial charge in [0.25, 0.3) is 5.56 Å². The first-order valence-corrected chi connectivity index (χ1v) is 3.67. The molecule has 14 heavy (non-hydrogen) atoms. The average Bonchev–Trinajstić information content (AvgIpc) is 2.46. The minimum atomic E-state index is -4.55. The highest BCUT2D eigenvalue weighted by Crippen LogP contribution is 2.32. The Kier molecular flexibility index (Phi) is 1.67. The van der Waals surface area contributed by atoms with E-state index in [4.69, 9.17) is 0 Å². The first kappa shape index (κ1) is 8.86. The molecule has 1 N–H and O–H groups in total. The summed E-state index contributed by atoms with van der Waals surface area (Å²) < 4.78 is 41.7.